The minimum atomic E-state index is -1.03. The SMILES string of the molecule is COc1ccc(NC(=O)C(c2ccc(F)cc2)N(Cc2ccccc2C)C(=O)CSc2nc(C)cc(C)n2)cc1. The Morgan fingerprint density at radius 1 is 0.950 bits per heavy atom. The minimum Gasteiger partial charge on any atom is -0.497 e. The average molecular weight is 559 g/mol. The van der Waals surface area contributed by atoms with Gasteiger partial charge in [0.25, 0.3) is 5.91 Å². The fourth-order valence-corrected chi connectivity index (χ4v) is 5.10. The zero-order valence-electron chi connectivity index (χ0n) is 22.8. The summed E-state index contributed by atoms with van der Waals surface area (Å²) in [6.45, 7) is 5.89. The van der Waals surface area contributed by atoms with Crippen molar-refractivity contribution in [2.24, 2.45) is 0 Å². The lowest BCUT2D eigenvalue weighted by Crippen LogP contribution is -2.42. The predicted molar refractivity (Wildman–Crippen MR) is 155 cm³/mol. The molecule has 0 aliphatic carbocycles. The van der Waals surface area contributed by atoms with E-state index in [1.807, 2.05) is 51.1 Å². The predicted octanol–water partition coefficient (Wildman–Crippen LogP) is 6.05. The Hall–Kier alpha value is -4.24. The number of ether oxygens (including phenoxy) is 1. The second kappa shape index (κ2) is 13.2. The van der Waals surface area contributed by atoms with Gasteiger partial charge in [0.05, 0.1) is 12.9 Å². The first-order valence-corrected chi connectivity index (χ1v) is 13.7. The Balaban J connectivity index is 1.70. The van der Waals surface area contributed by atoms with Gasteiger partial charge in [-0.2, -0.15) is 0 Å². The molecule has 7 nitrogen and oxygen atoms in total. The Labute approximate surface area is 237 Å². The monoisotopic (exact) mass is 558 g/mol. The summed E-state index contributed by atoms with van der Waals surface area (Å²) < 4.78 is 19.1. The lowest BCUT2D eigenvalue weighted by molar-refractivity contribution is -0.137. The number of anilines is 1. The summed E-state index contributed by atoms with van der Waals surface area (Å²) in [4.78, 5) is 38.2. The summed E-state index contributed by atoms with van der Waals surface area (Å²) in [5, 5.41) is 3.41. The number of nitrogens with one attached hydrogen (secondary N) is 1. The highest BCUT2D eigenvalue weighted by Crippen LogP contribution is 2.28. The van der Waals surface area contributed by atoms with Crippen molar-refractivity contribution in [2.45, 2.75) is 38.5 Å². The molecule has 1 N–H and O–H groups in total. The van der Waals surface area contributed by atoms with Gasteiger partial charge >= 0.3 is 0 Å². The third kappa shape index (κ3) is 7.45. The van der Waals surface area contributed by atoms with Crippen molar-refractivity contribution in [3.8, 4) is 5.75 Å². The largest absolute Gasteiger partial charge is 0.497 e. The maximum absolute atomic E-state index is 13.9. The molecule has 1 heterocycles. The summed E-state index contributed by atoms with van der Waals surface area (Å²) in [6.07, 6.45) is 0. The van der Waals surface area contributed by atoms with Crippen LogP contribution < -0.4 is 10.1 Å². The molecule has 9 heteroatoms. The van der Waals surface area contributed by atoms with E-state index in [1.54, 1.807) is 31.4 Å². The third-order valence-electron chi connectivity index (χ3n) is 6.31. The van der Waals surface area contributed by atoms with E-state index in [1.165, 1.54) is 40.9 Å². The molecule has 1 atom stereocenters. The molecule has 0 bridgehead atoms. The molecule has 2 amide bonds. The molecule has 0 radical (unpaired) electrons. The smallest absolute Gasteiger partial charge is 0.251 e. The number of amides is 2. The van der Waals surface area contributed by atoms with Crippen LogP contribution >= 0.6 is 11.8 Å². The van der Waals surface area contributed by atoms with E-state index in [0.717, 1.165) is 22.5 Å². The summed E-state index contributed by atoms with van der Waals surface area (Å²) >= 11 is 1.22. The number of halogens is 1. The van der Waals surface area contributed by atoms with Crippen molar-refractivity contribution in [1.29, 1.82) is 0 Å². The first kappa shape index (κ1) is 28.8. The van der Waals surface area contributed by atoms with Gasteiger partial charge in [0, 0.05) is 23.6 Å². The number of aromatic nitrogens is 2. The van der Waals surface area contributed by atoms with Crippen molar-refractivity contribution >= 4 is 29.3 Å². The standard InChI is InChI=1S/C31H31FN4O3S/c1-20-7-5-6-8-24(20)18-36(28(37)19-40-31-33-21(2)17-22(3)34-31)29(23-9-11-25(32)12-10-23)30(38)35-26-13-15-27(39-4)16-14-26/h5-17,29H,18-19H2,1-4H3,(H,35,38). The molecule has 4 rings (SSSR count). The highest BCUT2D eigenvalue weighted by Gasteiger charge is 2.32. The van der Waals surface area contributed by atoms with E-state index >= 15 is 0 Å². The van der Waals surface area contributed by atoms with Gasteiger partial charge in [-0.15, -0.1) is 0 Å². The van der Waals surface area contributed by atoms with Gasteiger partial charge in [0.1, 0.15) is 17.6 Å². The van der Waals surface area contributed by atoms with Gasteiger partial charge in [-0.1, -0.05) is 48.2 Å². The van der Waals surface area contributed by atoms with Crippen LogP contribution in [0.25, 0.3) is 0 Å². The number of thioether (sulfide) groups is 1. The second-order valence-electron chi connectivity index (χ2n) is 9.34. The third-order valence-corrected chi connectivity index (χ3v) is 7.14. The van der Waals surface area contributed by atoms with Gasteiger partial charge in [-0.3, -0.25) is 9.59 Å². The number of carbonyl (C=O) groups is 2. The van der Waals surface area contributed by atoms with Crippen LogP contribution in [0.4, 0.5) is 10.1 Å². The number of carbonyl (C=O) groups excluding carboxylic acids is 2. The van der Waals surface area contributed by atoms with E-state index in [0.29, 0.717) is 22.2 Å². The number of rotatable bonds is 10. The molecular formula is C31H31FN4O3S. The van der Waals surface area contributed by atoms with Crippen LogP contribution in [0.2, 0.25) is 0 Å². The molecule has 0 saturated carbocycles. The summed E-state index contributed by atoms with van der Waals surface area (Å²) in [5.41, 5.74) is 4.53. The summed E-state index contributed by atoms with van der Waals surface area (Å²) in [5.74, 6) is -0.476. The quantitative estimate of drug-likeness (QED) is 0.188. The van der Waals surface area contributed by atoms with Crippen LogP contribution in [0.3, 0.4) is 0 Å². The van der Waals surface area contributed by atoms with Crippen LogP contribution in [0, 0.1) is 26.6 Å². The average Bonchev–Trinajstić information content (AvgIpc) is 2.93. The molecule has 0 spiro atoms. The molecule has 0 saturated heterocycles. The van der Waals surface area contributed by atoms with Crippen molar-refractivity contribution in [1.82, 2.24) is 14.9 Å². The molecule has 206 valence electrons. The van der Waals surface area contributed by atoms with Gasteiger partial charge in [-0.25, -0.2) is 14.4 Å². The van der Waals surface area contributed by atoms with E-state index < -0.39 is 17.8 Å². The highest BCUT2D eigenvalue weighted by atomic mass is 32.2. The van der Waals surface area contributed by atoms with Crippen LogP contribution in [0.15, 0.2) is 84.0 Å². The fourth-order valence-electron chi connectivity index (χ4n) is 4.26. The Morgan fingerprint density at radius 2 is 1.60 bits per heavy atom. The minimum absolute atomic E-state index is 0.0162. The lowest BCUT2D eigenvalue weighted by Gasteiger charge is -2.32. The Bertz CT molecular complexity index is 1460. The van der Waals surface area contributed by atoms with Gasteiger partial charge < -0.3 is 15.0 Å². The number of hydrogen-bond acceptors (Lipinski definition) is 6. The highest BCUT2D eigenvalue weighted by molar-refractivity contribution is 7.99. The van der Waals surface area contributed by atoms with Crippen LogP contribution in [0.1, 0.15) is 34.1 Å². The normalized spacial score (nSPS) is 11.5. The molecule has 0 aliphatic rings. The maximum Gasteiger partial charge on any atom is 0.251 e. The molecule has 40 heavy (non-hydrogen) atoms. The first-order chi connectivity index (χ1) is 19.2. The topological polar surface area (TPSA) is 84.4 Å². The molecule has 3 aromatic carbocycles. The molecule has 4 aromatic rings. The zero-order valence-corrected chi connectivity index (χ0v) is 23.7. The maximum atomic E-state index is 13.9. The van der Waals surface area contributed by atoms with Crippen molar-refractivity contribution < 1.29 is 18.7 Å². The number of nitrogens with zero attached hydrogens (tertiary/aromatic N) is 3. The molecule has 0 aliphatic heterocycles. The summed E-state index contributed by atoms with van der Waals surface area (Å²) in [7, 11) is 1.56. The van der Waals surface area contributed by atoms with Crippen LogP contribution in [-0.4, -0.2) is 39.5 Å². The number of methoxy groups -OCH3 is 1. The van der Waals surface area contributed by atoms with E-state index in [9.17, 15) is 14.0 Å². The van der Waals surface area contributed by atoms with Gasteiger partial charge in [0.2, 0.25) is 5.91 Å². The molecule has 0 fully saturated rings. The number of benzene rings is 3. The van der Waals surface area contributed by atoms with Crippen LogP contribution in [0.5, 0.6) is 5.75 Å². The first-order valence-electron chi connectivity index (χ1n) is 12.7. The van der Waals surface area contributed by atoms with Gasteiger partial charge in [-0.05, 0) is 79.9 Å². The number of aryl methyl sites for hydroxylation is 3. The van der Waals surface area contributed by atoms with Crippen molar-refractivity contribution in [2.75, 3.05) is 18.2 Å². The molecular weight excluding hydrogens is 527 g/mol. The van der Waals surface area contributed by atoms with E-state index in [4.69, 9.17) is 4.74 Å². The van der Waals surface area contributed by atoms with Crippen molar-refractivity contribution in [3.63, 3.8) is 0 Å². The van der Waals surface area contributed by atoms with E-state index in [-0.39, 0.29) is 18.2 Å². The molecule has 1 aromatic heterocycles. The van der Waals surface area contributed by atoms with Gasteiger partial charge in [0.15, 0.2) is 5.16 Å². The van der Waals surface area contributed by atoms with Crippen LogP contribution in [-0.2, 0) is 16.1 Å². The Morgan fingerprint density at radius 3 is 2.23 bits per heavy atom. The van der Waals surface area contributed by atoms with Crippen molar-refractivity contribution in [3.05, 3.63) is 113 Å². The second-order valence-corrected chi connectivity index (χ2v) is 10.3. The Kier molecular flexibility index (Phi) is 9.50. The zero-order chi connectivity index (χ0) is 28.6. The number of hydrogen-bond donors (Lipinski definition) is 1. The van der Waals surface area contributed by atoms with E-state index in [2.05, 4.69) is 15.3 Å². The summed E-state index contributed by atoms with van der Waals surface area (Å²) in [6, 6.07) is 21.1. The fraction of sp³-hybridized carbons (Fsp3) is 0.226. The lowest BCUT2D eigenvalue weighted by atomic mass is 10.0. The molecule has 1 unspecified atom stereocenters.